The van der Waals surface area contributed by atoms with E-state index in [1.54, 1.807) is 16.7 Å². The minimum atomic E-state index is -0.336. The molecule has 0 aliphatic carbocycles. The first kappa shape index (κ1) is 18.3. The second kappa shape index (κ2) is 8.27. The van der Waals surface area contributed by atoms with Gasteiger partial charge in [0.15, 0.2) is 10.8 Å². The third-order valence-corrected chi connectivity index (χ3v) is 4.75. The van der Waals surface area contributed by atoms with Crippen molar-refractivity contribution < 1.29 is 18.7 Å². The summed E-state index contributed by atoms with van der Waals surface area (Å²) in [5, 5.41) is 0.502. The van der Waals surface area contributed by atoms with Gasteiger partial charge in [0.1, 0.15) is 0 Å². The van der Waals surface area contributed by atoms with Crippen molar-refractivity contribution in [2.75, 3.05) is 39.0 Å². The number of carbonyl (C=O) groups excluding carboxylic acids is 2. The number of aromatic nitrogens is 1. The molecule has 0 saturated carbocycles. The Hall–Kier alpha value is -2.48. The zero-order chi connectivity index (χ0) is 18.5. The molecule has 2 heterocycles. The Kier molecular flexibility index (Phi) is 5.82. The highest BCUT2D eigenvalue weighted by molar-refractivity contribution is 7.98. The number of benzene rings is 1. The fourth-order valence-corrected chi connectivity index (χ4v) is 3.23. The van der Waals surface area contributed by atoms with Crippen LogP contribution in [-0.4, -0.2) is 65.8 Å². The van der Waals surface area contributed by atoms with Crippen LogP contribution in [0.3, 0.4) is 0 Å². The van der Waals surface area contributed by atoms with E-state index < -0.39 is 0 Å². The highest BCUT2D eigenvalue weighted by atomic mass is 32.2. The van der Waals surface area contributed by atoms with E-state index in [0.717, 1.165) is 5.56 Å². The van der Waals surface area contributed by atoms with Crippen LogP contribution < -0.4 is 0 Å². The van der Waals surface area contributed by atoms with Gasteiger partial charge in [-0.25, -0.2) is 9.78 Å². The summed E-state index contributed by atoms with van der Waals surface area (Å²) >= 11 is 1.35. The standard InChI is InChI=1S/C18H21N3O4S/c1-3-24-18(23)21-11-9-20(10-12-21)16(22)14-17(26-2)25-15(19-14)13-7-5-4-6-8-13/h4-8H,3,9-12H2,1-2H3. The molecule has 8 heteroatoms. The Labute approximate surface area is 156 Å². The lowest BCUT2D eigenvalue weighted by atomic mass is 10.2. The molecule has 138 valence electrons. The molecule has 1 aromatic heterocycles. The highest BCUT2D eigenvalue weighted by Crippen LogP contribution is 2.28. The SMILES string of the molecule is CCOC(=O)N1CCN(C(=O)c2nc(-c3ccccc3)oc2SC)CC1. The molecule has 0 atom stereocenters. The Morgan fingerprint density at radius 1 is 1.15 bits per heavy atom. The van der Waals surface area contributed by atoms with Crippen LogP contribution in [0.5, 0.6) is 0 Å². The average Bonchev–Trinajstić information content (AvgIpc) is 3.13. The number of nitrogens with zero attached hydrogens (tertiary/aromatic N) is 3. The number of piperazine rings is 1. The van der Waals surface area contributed by atoms with Crippen molar-refractivity contribution in [3.05, 3.63) is 36.0 Å². The van der Waals surface area contributed by atoms with Crippen molar-refractivity contribution in [3.63, 3.8) is 0 Å². The number of oxazole rings is 1. The van der Waals surface area contributed by atoms with Crippen LogP contribution >= 0.6 is 11.8 Å². The monoisotopic (exact) mass is 375 g/mol. The van der Waals surface area contributed by atoms with Gasteiger partial charge in [0.05, 0.1) is 6.61 Å². The largest absolute Gasteiger partial charge is 0.450 e. The van der Waals surface area contributed by atoms with E-state index in [2.05, 4.69) is 4.98 Å². The lowest BCUT2D eigenvalue weighted by Crippen LogP contribution is -2.50. The Balaban J connectivity index is 1.72. The summed E-state index contributed by atoms with van der Waals surface area (Å²) in [7, 11) is 0. The number of amides is 2. The minimum absolute atomic E-state index is 0.177. The minimum Gasteiger partial charge on any atom is -0.450 e. The molecule has 7 nitrogen and oxygen atoms in total. The molecule has 0 N–H and O–H groups in total. The van der Waals surface area contributed by atoms with E-state index in [1.807, 2.05) is 36.6 Å². The van der Waals surface area contributed by atoms with Gasteiger partial charge in [0.25, 0.3) is 5.91 Å². The van der Waals surface area contributed by atoms with Crippen molar-refractivity contribution in [2.45, 2.75) is 12.0 Å². The predicted molar refractivity (Wildman–Crippen MR) is 98.2 cm³/mol. The van der Waals surface area contributed by atoms with Crippen LogP contribution in [0, 0.1) is 0 Å². The maximum atomic E-state index is 12.9. The molecular weight excluding hydrogens is 354 g/mol. The molecule has 1 aliphatic rings. The van der Waals surface area contributed by atoms with Crippen LogP contribution in [0.25, 0.3) is 11.5 Å². The number of hydrogen-bond donors (Lipinski definition) is 0. The number of rotatable bonds is 4. The second-order valence-corrected chi connectivity index (χ2v) is 6.48. The van der Waals surface area contributed by atoms with Crippen LogP contribution in [0.1, 0.15) is 17.4 Å². The zero-order valence-corrected chi connectivity index (χ0v) is 15.6. The maximum absolute atomic E-state index is 12.9. The summed E-state index contributed by atoms with van der Waals surface area (Å²) in [6.45, 7) is 3.90. The average molecular weight is 375 g/mol. The topological polar surface area (TPSA) is 75.9 Å². The summed E-state index contributed by atoms with van der Waals surface area (Å²) in [5.74, 6) is 0.257. The van der Waals surface area contributed by atoms with E-state index >= 15 is 0 Å². The van der Waals surface area contributed by atoms with E-state index in [-0.39, 0.29) is 12.0 Å². The maximum Gasteiger partial charge on any atom is 0.409 e. The highest BCUT2D eigenvalue weighted by Gasteiger charge is 2.29. The molecule has 1 saturated heterocycles. The third-order valence-electron chi connectivity index (χ3n) is 4.10. The fraction of sp³-hybridized carbons (Fsp3) is 0.389. The van der Waals surface area contributed by atoms with Gasteiger partial charge in [-0.15, -0.1) is 0 Å². The summed E-state index contributed by atoms with van der Waals surface area (Å²) < 4.78 is 10.8. The molecule has 26 heavy (non-hydrogen) atoms. The Bertz CT molecular complexity index is 770. The van der Waals surface area contributed by atoms with Crippen molar-refractivity contribution in [1.29, 1.82) is 0 Å². The Morgan fingerprint density at radius 3 is 2.42 bits per heavy atom. The predicted octanol–water partition coefficient (Wildman–Crippen LogP) is 2.98. The molecule has 0 spiro atoms. The molecular formula is C18H21N3O4S. The van der Waals surface area contributed by atoms with Gasteiger partial charge in [0, 0.05) is 31.7 Å². The molecule has 0 bridgehead atoms. The van der Waals surface area contributed by atoms with Crippen LogP contribution in [0.4, 0.5) is 4.79 Å². The lowest BCUT2D eigenvalue weighted by Gasteiger charge is -2.33. The van der Waals surface area contributed by atoms with Gasteiger partial charge in [0.2, 0.25) is 5.89 Å². The summed E-state index contributed by atoms with van der Waals surface area (Å²) in [5.41, 5.74) is 1.15. The van der Waals surface area contributed by atoms with Crippen LogP contribution in [0.15, 0.2) is 39.8 Å². The second-order valence-electron chi connectivity index (χ2n) is 5.70. The number of carbonyl (C=O) groups is 2. The molecule has 1 fully saturated rings. The molecule has 1 aliphatic heterocycles. The third kappa shape index (κ3) is 3.85. The van der Waals surface area contributed by atoms with Gasteiger partial charge in [-0.05, 0) is 25.3 Å². The van der Waals surface area contributed by atoms with Gasteiger partial charge < -0.3 is 19.0 Å². The number of hydrogen-bond acceptors (Lipinski definition) is 6. The molecule has 1 aromatic carbocycles. The first-order valence-corrected chi connectivity index (χ1v) is 9.67. The van der Waals surface area contributed by atoms with Crippen molar-refractivity contribution >= 4 is 23.8 Å². The summed E-state index contributed by atoms with van der Waals surface area (Å²) in [4.78, 5) is 32.4. The number of ether oxygens (including phenoxy) is 1. The Morgan fingerprint density at radius 2 is 1.81 bits per heavy atom. The van der Waals surface area contributed by atoms with E-state index in [4.69, 9.17) is 9.15 Å². The molecule has 0 radical (unpaired) electrons. The van der Waals surface area contributed by atoms with Crippen LogP contribution in [-0.2, 0) is 4.74 Å². The molecule has 0 unspecified atom stereocenters. The van der Waals surface area contributed by atoms with Crippen molar-refractivity contribution in [3.8, 4) is 11.5 Å². The quantitative estimate of drug-likeness (QED) is 0.765. The zero-order valence-electron chi connectivity index (χ0n) is 14.8. The first-order valence-electron chi connectivity index (χ1n) is 8.45. The van der Waals surface area contributed by atoms with E-state index in [1.165, 1.54) is 11.8 Å². The van der Waals surface area contributed by atoms with Gasteiger partial charge in [-0.3, -0.25) is 4.79 Å². The smallest absolute Gasteiger partial charge is 0.409 e. The molecule has 2 amide bonds. The van der Waals surface area contributed by atoms with Crippen molar-refractivity contribution in [1.82, 2.24) is 14.8 Å². The van der Waals surface area contributed by atoms with E-state index in [9.17, 15) is 9.59 Å². The lowest BCUT2D eigenvalue weighted by molar-refractivity contribution is 0.0562. The van der Waals surface area contributed by atoms with E-state index in [0.29, 0.717) is 49.5 Å². The fourth-order valence-electron chi connectivity index (χ4n) is 2.74. The van der Waals surface area contributed by atoms with Gasteiger partial charge in [-0.1, -0.05) is 30.0 Å². The van der Waals surface area contributed by atoms with Crippen molar-refractivity contribution in [2.24, 2.45) is 0 Å². The molecule has 3 rings (SSSR count). The van der Waals surface area contributed by atoms with Gasteiger partial charge in [-0.2, -0.15) is 0 Å². The number of thioether (sulfide) groups is 1. The summed E-state index contributed by atoms with van der Waals surface area (Å²) in [6.07, 6.45) is 1.52. The first-order chi connectivity index (χ1) is 12.6. The van der Waals surface area contributed by atoms with Gasteiger partial charge >= 0.3 is 6.09 Å². The summed E-state index contributed by atoms with van der Waals surface area (Å²) in [6, 6.07) is 9.49. The molecule has 2 aromatic rings. The normalized spacial score (nSPS) is 14.4. The van der Waals surface area contributed by atoms with Crippen LogP contribution in [0.2, 0.25) is 0 Å².